The number of carbonyl (C=O) groups is 2. The van der Waals surface area contributed by atoms with Crippen LogP contribution in [0.1, 0.15) is 54.8 Å². The normalized spacial score (nSPS) is 20.2. The first-order chi connectivity index (χ1) is 24.1. The summed E-state index contributed by atoms with van der Waals surface area (Å²) in [5.74, 6) is 0.861. The summed E-state index contributed by atoms with van der Waals surface area (Å²) < 4.78 is 16.8. The minimum atomic E-state index is -0.700. The molecule has 0 bridgehead atoms. The van der Waals surface area contributed by atoms with Crippen molar-refractivity contribution >= 4 is 28.5 Å². The largest absolute Gasteiger partial charge is 0.496 e. The SMILES string of the molecule is COc1cc(-c2cn(C)c(=O)c3c2CCC3)cc(OC)c1CN1CCC2(CC1)CN(c1cccc3c1n(C)c(=O)n3C1CCC(=O)NC1=O)C2. The van der Waals surface area contributed by atoms with Gasteiger partial charge in [-0.1, -0.05) is 6.07 Å². The quantitative estimate of drug-likeness (QED) is 0.296. The Hall–Kier alpha value is -4.84. The molecule has 12 heteroatoms. The van der Waals surface area contributed by atoms with E-state index >= 15 is 0 Å². The Kier molecular flexibility index (Phi) is 7.89. The van der Waals surface area contributed by atoms with E-state index in [1.165, 1.54) is 0 Å². The number of aromatic nitrogens is 3. The Morgan fingerprint density at radius 2 is 1.62 bits per heavy atom. The molecule has 0 saturated carbocycles. The Labute approximate surface area is 290 Å². The molecule has 4 aromatic rings. The molecule has 50 heavy (non-hydrogen) atoms. The average molecular weight is 681 g/mol. The maximum atomic E-state index is 13.4. The maximum absolute atomic E-state index is 13.4. The summed E-state index contributed by atoms with van der Waals surface area (Å²) in [7, 11) is 6.99. The molecule has 8 rings (SSSR count). The molecule has 3 fully saturated rings. The number of nitrogens with one attached hydrogen (secondary N) is 1. The fourth-order valence-electron chi connectivity index (χ4n) is 8.93. The zero-order valence-electron chi connectivity index (χ0n) is 29.2. The molecule has 0 radical (unpaired) electrons. The highest BCUT2D eigenvalue weighted by Gasteiger charge is 2.46. The van der Waals surface area contributed by atoms with E-state index in [0.717, 1.165) is 114 Å². The summed E-state index contributed by atoms with van der Waals surface area (Å²) in [5.41, 5.74) is 7.76. The molecule has 1 N–H and O–H groups in total. The zero-order chi connectivity index (χ0) is 34.9. The zero-order valence-corrected chi connectivity index (χ0v) is 29.2. The van der Waals surface area contributed by atoms with Crippen molar-refractivity contribution in [2.75, 3.05) is 45.3 Å². The number of anilines is 1. The molecule has 2 amide bonds. The third-order valence-electron chi connectivity index (χ3n) is 11.7. The van der Waals surface area contributed by atoms with Crippen molar-refractivity contribution in [1.82, 2.24) is 23.9 Å². The summed E-state index contributed by atoms with van der Waals surface area (Å²) >= 11 is 0. The molecule has 2 aromatic heterocycles. The summed E-state index contributed by atoms with van der Waals surface area (Å²) in [6.45, 7) is 4.43. The monoisotopic (exact) mass is 680 g/mol. The molecule has 4 aliphatic rings. The third kappa shape index (κ3) is 5.14. The number of pyridine rings is 1. The lowest BCUT2D eigenvalue weighted by molar-refractivity contribution is -0.135. The van der Waals surface area contributed by atoms with Crippen LogP contribution in [-0.2, 0) is 43.1 Å². The number of para-hydroxylation sites is 1. The van der Waals surface area contributed by atoms with Gasteiger partial charge >= 0.3 is 5.69 Å². The molecule has 2 aromatic carbocycles. The van der Waals surface area contributed by atoms with Gasteiger partial charge in [0.15, 0.2) is 0 Å². The van der Waals surface area contributed by atoms with E-state index in [0.29, 0.717) is 13.0 Å². The fourth-order valence-corrected chi connectivity index (χ4v) is 8.93. The molecular formula is C38H44N6O6. The van der Waals surface area contributed by atoms with E-state index in [1.807, 2.05) is 25.4 Å². The van der Waals surface area contributed by atoms with Crippen molar-refractivity contribution in [3.05, 3.63) is 74.1 Å². The number of imidazole rings is 1. The number of amides is 2. The molecule has 1 atom stereocenters. The van der Waals surface area contributed by atoms with Crippen LogP contribution in [0.25, 0.3) is 22.2 Å². The standard InChI is InChI=1S/C38H44N6O6/c1-40-19-26(24-7-5-8-25(24)36(40)47)23-17-31(49-3)27(32(18-23)50-4)20-42-15-13-38(14-16-42)21-43(22-38)28-9-6-10-29-34(28)41(2)37(48)44(29)30-11-12-33(45)39-35(30)46/h6,9-10,17-19,30H,5,7-8,11-16,20-22H2,1-4H3,(H,39,45,46). The number of hydrogen-bond donors (Lipinski definition) is 1. The molecule has 262 valence electrons. The van der Waals surface area contributed by atoms with Crippen LogP contribution in [0.3, 0.4) is 0 Å². The molecular weight excluding hydrogens is 636 g/mol. The van der Waals surface area contributed by atoms with Crippen molar-refractivity contribution in [2.24, 2.45) is 19.5 Å². The first-order valence-electron chi connectivity index (χ1n) is 17.6. The number of likely N-dealkylation sites (tertiary alicyclic amines) is 1. The lowest BCUT2D eigenvalue weighted by atomic mass is 9.71. The second-order valence-electron chi connectivity index (χ2n) is 14.6. The van der Waals surface area contributed by atoms with Crippen LogP contribution in [0.15, 0.2) is 46.1 Å². The molecule has 1 aliphatic carbocycles. The lowest BCUT2D eigenvalue weighted by Gasteiger charge is -2.55. The van der Waals surface area contributed by atoms with Crippen LogP contribution in [0.4, 0.5) is 5.69 Å². The number of ether oxygens (including phenoxy) is 2. The number of piperidine rings is 2. The highest BCUT2D eigenvalue weighted by molar-refractivity contribution is 6.00. The Morgan fingerprint density at radius 1 is 0.920 bits per heavy atom. The summed E-state index contributed by atoms with van der Waals surface area (Å²) in [4.78, 5) is 55.5. The summed E-state index contributed by atoms with van der Waals surface area (Å²) in [5, 5.41) is 2.39. The Balaban J connectivity index is 0.980. The number of methoxy groups -OCH3 is 2. The number of fused-ring (bicyclic) bond motifs is 2. The van der Waals surface area contributed by atoms with Crippen molar-refractivity contribution in [2.45, 2.75) is 57.5 Å². The van der Waals surface area contributed by atoms with Gasteiger partial charge in [0.1, 0.15) is 17.5 Å². The van der Waals surface area contributed by atoms with E-state index < -0.39 is 11.9 Å². The number of hydrogen-bond acceptors (Lipinski definition) is 8. The molecule has 12 nitrogen and oxygen atoms in total. The number of rotatable bonds is 7. The van der Waals surface area contributed by atoms with Crippen molar-refractivity contribution in [3.8, 4) is 22.6 Å². The van der Waals surface area contributed by atoms with Gasteiger partial charge in [-0.3, -0.25) is 33.7 Å². The average Bonchev–Trinajstić information content (AvgIpc) is 3.69. The molecule has 5 heterocycles. The van der Waals surface area contributed by atoms with Gasteiger partial charge in [-0.05, 0) is 87.0 Å². The maximum Gasteiger partial charge on any atom is 0.329 e. The van der Waals surface area contributed by atoms with Gasteiger partial charge in [0, 0.05) is 62.9 Å². The van der Waals surface area contributed by atoms with Gasteiger partial charge in [-0.15, -0.1) is 0 Å². The third-order valence-corrected chi connectivity index (χ3v) is 11.7. The Morgan fingerprint density at radius 3 is 2.30 bits per heavy atom. The minimum Gasteiger partial charge on any atom is -0.496 e. The highest BCUT2D eigenvalue weighted by atomic mass is 16.5. The van der Waals surface area contributed by atoms with Gasteiger partial charge in [-0.2, -0.15) is 0 Å². The van der Waals surface area contributed by atoms with Gasteiger partial charge in [0.05, 0.1) is 36.5 Å². The number of benzene rings is 2. The van der Waals surface area contributed by atoms with E-state index in [-0.39, 0.29) is 29.0 Å². The number of aryl methyl sites for hydroxylation is 2. The van der Waals surface area contributed by atoms with E-state index in [9.17, 15) is 19.2 Å². The van der Waals surface area contributed by atoms with Crippen LogP contribution >= 0.6 is 0 Å². The van der Waals surface area contributed by atoms with Gasteiger partial charge < -0.3 is 18.9 Å². The van der Waals surface area contributed by atoms with Gasteiger partial charge in [0.25, 0.3) is 5.56 Å². The molecule has 3 saturated heterocycles. The van der Waals surface area contributed by atoms with E-state index in [1.54, 1.807) is 35.0 Å². The molecule has 1 unspecified atom stereocenters. The fraction of sp³-hybridized carbons (Fsp3) is 0.474. The van der Waals surface area contributed by atoms with Crippen molar-refractivity contribution in [1.29, 1.82) is 0 Å². The minimum absolute atomic E-state index is 0.0980. The summed E-state index contributed by atoms with van der Waals surface area (Å²) in [6, 6.07) is 9.38. The van der Waals surface area contributed by atoms with Crippen LogP contribution < -0.4 is 30.9 Å². The molecule has 3 aliphatic heterocycles. The summed E-state index contributed by atoms with van der Waals surface area (Å²) in [6.07, 6.45) is 7.32. The molecule has 1 spiro atoms. The highest BCUT2D eigenvalue weighted by Crippen LogP contribution is 2.45. The predicted octanol–water partition coefficient (Wildman–Crippen LogP) is 3.29. The van der Waals surface area contributed by atoms with Crippen molar-refractivity contribution in [3.63, 3.8) is 0 Å². The van der Waals surface area contributed by atoms with Crippen molar-refractivity contribution < 1.29 is 19.1 Å². The van der Waals surface area contributed by atoms with Crippen LogP contribution in [0.2, 0.25) is 0 Å². The number of imide groups is 1. The van der Waals surface area contributed by atoms with Gasteiger partial charge in [0.2, 0.25) is 11.8 Å². The number of carbonyl (C=O) groups excluding carboxylic acids is 2. The second-order valence-corrected chi connectivity index (χ2v) is 14.6. The van der Waals surface area contributed by atoms with Crippen LogP contribution in [0, 0.1) is 5.41 Å². The van der Waals surface area contributed by atoms with Crippen LogP contribution in [0.5, 0.6) is 11.5 Å². The van der Waals surface area contributed by atoms with E-state index in [4.69, 9.17) is 9.47 Å². The predicted molar refractivity (Wildman–Crippen MR) is 190 cm³/mol. The smallest absolute Gasteiger partial charge is 0.329 e. The van der Waals surface area contributed by atoms with Crippen LogP contribution in [-0.4, -0.2) is 70.8 Å². The lowest BCUT2D eigenvalue weighted by Crippen LogP contribution is -2.60. The second kappa shape index (κ2) is 12.2. The topological polar surface area (TPSA) is 120 Å². The first-order valence-corrected chi connectivity index (χ1v) is 17.6. The Bertz CT molecular complexity index is 2140. The van der Waals surface area contributed by atoms with E-state index in [2.05, 4.69) is 33.3 Å². The van der Waals surface area contributed by atoms with Gasteiger partial charge in [-0.25, -0.2) is 4.79 Å². The number of nitrogens with zero attached hydrogens (tertiary/aromatic N) is 5. The first kappa shape index (κ1) is 32.4.